The monoisotopic (exact) mass is 323 g/mol. The fraction of sp³-hybridized carbons (Fsp3) is 0.385. The predicted molar refractivity (Wildman–Crippen MR) is 74.8 cm³/mol. The number of rotatable bonds is 0. The number of nitrogens with one attached hydrogen (secondary N) is 1. The number of nitrogens with two attached hydrogens (primary N) is 1. The molecule has 1 aromatic rings. The molecule has 1 saturated heterocycles. The average molecular weight is 324 g/mol. The van der Waals surface area contributed by atoms with Gasteiger partial charge in [0.2, 0.25) is 5.91 Å². The van der Waals surface area contributed by atoms with Crippen molar-refractivity contribution in [3.8, 4) is 0 Å². The second kappa shape index (κ2) is 4.61. The van der Waals surface area contributed by atoms with E-state index < -0.39 is 6.04 Å². The molecule has 100 valence electrons. The van der Waals surface area contributed by atoms with Gasteiger partial charge in [-0.2, -0.15) is 0 Å². The number of benzene rings is 1. The highest BCUT2D eigenvalue weighted by Gasteiger charge is 2.38. The molecule has 0 aliphatic carbocycles. The van der Waals surface area contributed by atoms with Crippen LogP contribution >= 0.6 is 15.9 Å². The van der Waals surface area contributed by atoms with E-state index in [2.05, 4.69) is 21.2 Å². The number of halogens is 1. The van der Waals surface area contributed by atoms with Gasteiger partial charge >= 0.3 is 0 Å². The minimum atomic E-state index is -0.456. The van der Waals surface area contributed by atoms with Crippen LogP contribution in [0.15, 0.2) is 22.7 Å². The Morgan fingerprint density at radius 2 is 2.16 bits per heavy atom. The smallest absolute Gasteiger partial charge is 0.256 e. The predicted octanol–water partition coefficient (Wildman–Crippen LogP) is 1.33. The Morgan fingerprint density at radius 3 is 2.95 bits per heavy atom. The zero-order valence-corrected chi connectivity index (χ0v) is 11.8. The quantitative estimate of drug-likeness (QED) is 0.756. The van der Waals surface area contributed by atoms with E-state index in [0.29, 0.717) is 24.2 Å². The number of hydrogen-bond donors (Lipinski definition) is 2. The summed E-state index contributed by atoms with van der Waals surface area (Å²) in [7, 11) is 0. The highest BCUT2D eigenvalue weighted by Crippen LogP contribution is 2.29. The molecule has 3 N–H and O–H groups in total. The Kier molecular flexibility index (Phi) is 3.06. The van der Waals surface area contributed by atoms with Crippen LogP contribution in [0.25, 0.3) is 0 Å². The molecule has 3 rings (SSSR count). The molecule has 5 nitrogen and oxygen atoms in total. The molecule has 2 amide bonds. The van der Waals surface area contributed by atoms with Crippen molar-refractivity contribution >= 4 is 33.4 Å². The minimum Gasteiger partial charge on any atom is -0.328 e. The van der Waals surface area contributed by atoms with E-state index in [1.54, 1.807) is 17.0 Å². The number of hydrogen-bond acceptors (Lipinski definition) is 3. The molecule has 0 bridgehead atoms. The summed E-state index contributed by atoms with van der Waals surface area (Å²) >= 11 is 3.35. The third-order valence-corrected chi connectivity index (χ3v) is 4.17. The molecule has 0 spiro atoms. The van der Waals surface area contributed by atoms with Crippen LogP contribution in [0.5, 0.6) is 0 Å². The Bertz CT molecular complexity index is 561. The Morgan fingerprint density at radius 1 is 1.37 bits per heavy atom. The molecule has 0 saturated carbocycles. The van der Waals surface area contributed by atoms with Crippen molar-refractivity contribution < 1.29 is 9.59 Å². The molecule has 1 aromatic carbocycles. The van der Waals surface area contributed by atoms with E-state index in [9.17, 15) is 9.59 Å². The van der Waals surface area contributed by atoms with Gasteiger partial charge in [-0.15, -0.1) is 0 Å². The molecule has 2 atom stereocenters. The number of fused-ring (bicyclic) bond motifs is 2. The van der Waals surface area contributed by atoms with Crippen molar-refractivity contribution in [1.82, 2.24) is 4.90 Å². The van der Waals surface area contributed by atoms with E-state index in [0.717, 1.165) is 10.9 Å². The SMILES string of the molecule is NC1CCN2C(=O)c3cc(Br)ccc3NC(=O)C2C1. The van der Waals surface area contributed by atoms with Gasteiger partial charge in [0.15, 0.2) is 0 Å². The summed E-state index contributed by atoms with van der Waals surface area (Å²) in [6.07, 6.45) is 1.26. The van der Waals surface area contributed by atoms with Crippen molar-refractivity contribution in [1.29, 1.82) is 0 Å². The zero-order valence-electron chi connectivity index (χ0n) is 10.2. The fourth-order valence-electron chi connectivity index (χ4n) is 2.66. The number of carbonyl (C=O) groups excluding carboxylic acids is 2. The molecule has 1 fully saturated rings. The number of carbonyl (C=O) groups is 2. The topological polar surface area (TPSA) is 75.4 Å². The van der Waals surface area contributed by atoms with Crippen molar-refractivity contribution in [2.75, 3.05) is 11.9 Å². The molecular weight excluding hydrogens is 310 g/mol. The highest BCUT2D eigenvalue weighted by molar-refractivity contribution is 9.10. The van der Waals surface area contributed by atoms with Crippen LogP contribution in [-0.4, -0.2) is 35.3 Å². The van der Waals surface area contributed by atoms with Crippen LogP contribution < -0.4 is 11.1 Å². The minimum absolute atomic E-state index is 0.0206. The zero-order chi connectivity index (χ0) is 13.6. The lowest BCUT2D eigenvalue weighted by Crippen LogP contribution is -2.53. The standard InChI is InChI=1S/C13H14BrN3O2/c14-7-1-2-10-9(5-7)13(19)17-4-3-8(15)6-11(17)12(18)16-10/h1-2,5,8,11H,3-4,6,15H2,(H,16,18). The molecule has 2 aliphatic rings. The number of amides is 2. The van der Waals surface area contributed by atoms with Gasteiger partial charge in [0.25, 0.3) is 5.91 Å². The first-order valence-electron chi connectivity index (χ1n) is 6.23. The van der Waals surface area contributed by atoms with Crippen molar-refractivity contribution in [3.05, 3.63) is 28.2 Å². The first-order valence-corrected chi connectivity index (χ1v) is 7.02. The van der Waals surface area contributed by atoms with Crippen LogP contribution in [0.1, 0.15) is 23.2 Å². The van der Waals surface area contributed by atoms with Crippen LogP contribution in [0.2, 0.25) is 0 Å². The second-order valence-corrected chi connectivity index (χ2v) is 5.89. The maximum atomic E-state index is 12.5. The van der Waals surface area contributed by atoms with Crippen LogP contribution in [0, 0.1) is 0 Å². The Balaban J connectivity index is 2.05. The summed E-state index contributed by atoms with van der Waals surface area (Å²) in [5, 5.41) is 2.82. The van der Waals surface area contributed by atoms with Crippen molar-refractivity contribution in [2.45, 2.75) is 24.9 Å². The number of nitrogens with zero attached hydrogens (tertiary/aromatic N) is 1. The summed E-state index contributed by atoms with van der Waals surface area (Å²) in [6.45, 7) is 0.532. The van der Waals surface area contributed by atoms with Crippen LogP contribution in [0.3, 0.4) is 0 Å². The first kappa shape index (κ1) is 12.6. The maximum Gasteiger partial charge on any atom is 0.256 e. The lowest BCUT2D eigenvalue weighted by Gasteiger charge is -2.35. The summed E-state index contributed by atoms with van der Waals surface area (Å²) in [6, 6.07) is 4.82. The normalized spacial score (nSPS) is 26.3. The third-order valence-electron chi connectivity index (χ3n) is 3.68. The van der Waals surface area contributed by atoms with Gasteiger partial charge in [-0.05, 0) is 31.0 Å². The van der Waals surface area contributed by atoms with Crippen molar-refractivity contribution in [3.63, 3.8) is 0 Å². The van der Waals surface area contributed by atoms with Gasteiger partial charge in [0.1, 0.15) is 6.04 Å². The average Bonchev–Trinajstić information content (AvgIpc) is 2.48. The number of anilines is 1. The van der Waals surface area contributed by atoms with Gasteiger partial charge in [-0.25, -0.2) is 0 Å². The third kappa shape index (κ3) is 2.15. The first-order chi connectivity index (χ1) is 9.06. The summed E-state index contributed by atoms with van der Waals surface area (Å²) in [5.41, 5.74) is 7.00. The molecule has 2 aliphatic heterocycles. The molecular formula is C13H14BrN3O2. The fourth-order valence-corrected chi connectivity index (χ4v) is 3.02. The Labute approximate surface area is 119 Å². The maximum absolute atomic E-state index is 12.5. The van der Waals surface area contributed by atoms with Crippen LogP contribution in [0.4, 0.5) is 5.69 Å². The summed E-state index contributed by atoms with van der Waals surface area (Å²) in [5.74, 6) is -0.254. The van der Waals surface area contributed by atoms with Gasteiger partial charge in [0, 0.05) is 17.1 Å². The lowest BCUT2D eigenvalue weighted by atomic mass is 9.97. The van der Waals surface area contributed by atoms with E-state index in [1.807, 2.05) is 6.07 Å². The molecule has 0 aromatic heterocycles. The molecule has 2 unspecified atom stereocenters. The molecule has 6 heteroatoms. The molecule has 2 heterocycles. The van der Waals surface area contributed by atoms with E-state index >= 15 is 0 Å². The van der Waals surface area contributed by atoms with Crippen LogP contribution in [-0.2, 0) is 4.79 Å². The molecule has 0 radical (unpaired) electrons. The Hall–Kier alpha value is -1.40. The molecule has 19 heavy (non-hydrogen) atoms. The van der Waals surface area contributed by atoms with Gasteiger partial charge < -0.3 is 16.0 Å². The lowest BCUT2D eigenvalue weighted by molar-refractivity contribution is -0.121. The van der Waals surface area contributed by atoms with Gasteiger partial charge in [-0.3, -0.25) is 9.59 Å². The van der Waals surface area contributed by atoms with E-state index in [4.69, 9.17) is 5.73 Å². The van der Waals surface area contributed by atoms with Gasteiger partial charge in [0.05, 0.1) is 11.3 Å². The highest BCUT2D eigenvalue weighted by atomic mass is 79.9. The van der Waals surface area contributed by atoms with Gasteiger partial charge in [-0.1, -0.05) is 15.9 Å². The van der Waals surface area contributed by atoms with E-state index in [1.165, 1.54) is 0 Å². The number of piperidine rings is 1. The van der Waals surface area contributed by atoms with E-state index in [-0.39, 0.29) is 17.9 Å². The largest absolute Gasteiger partial charge is 0.328 e. The van der Waals surface area contributed by atoms with Crippen molar-refractivity contribution in [2.24, 2.45) is 5.73 Å². The second-order valence-electron chi connectivity index (χ2n) is 4.98. The summed E-state index contributed by atoms with van der Waals surface area (Å²) < 4.78 is 0.820. The summed E-state index contributed by atoms with van der Waals surface area (Å²) in [4.78, 5) is 26.4.